The number of carboxylic acid groups (broad SMARTS) is 1. The second kappa shape index (κ2) is 12.0. The average Bonchev–Trinajstić information content (AvgIpc) is 3.20. The Bertz CT molecular complexity index is 265. The van der Waals surface area contributed by atoms with Crippen LogP contribution in [-0.4, -0.2) is 23.3 Å². The highest BCUT2D eigenvalue weighted by Crippen LogP contribution is 2.31. The summed E-state index contributed by atoms with van der Waals surface area (Å²) in [6, 6.07) is 0. The van der Waals surface area contributed by atoms with E-state index in [0.29, 0.717) is 18.6 Å². The Balaban J connectivity index is 1.76. The molecule has 1 heterocycles. The highest BCUT2D eigenvalue weighted by molar-refractivity contribution is 5.66. The second-order valence-corrected chi connectivity index (χ2v) is 6.47. The lowest BCUT2D eigenvalue weighted by Crippen LogP contribution is -1.97. The molecule has 0 aromatic rings. The first-order chi connectivity index (χ1) is 10.2. The predicted octanol–water partition coefficient (Wildman–Crippen LogP) is 5.32. The molecule has 3 nitrogen and oxygen atoms in total. The normalized spacial score (nSPS) is 20.6. The van der Waals surface area contributed by atoms with Crippen molar-refractivity contribution in [2.45, 2.75) is 109 Å². The van der Waals surface area contributed by atoms with Gasteiger partial charge >= 0.3 is 5.97 Å². The fraction of sp³-hybridized carbons (Fsp3) is 0.944. The fourth-order valence-corrected chi connectivity index (χ4v) is 2.96. The van der Waals surface area contributed by atoms with Crippen LogP contribution in [0.25, 0.3) is 0 Å². The lowest BCUT2D eigenvalue weighted by molar-refractivity contribution is -0.137. The van der Waals surface area contributed by atoms with Crippen molar-refractivity contribution in [3.63, 3.8) is 0 Å². The van der Waals surface area contributed by atoms with Crippen molar-refractivity contribution >= 4 is 5.97 Å². The van der Waals surface area contributed by atoms with Gasteiger partial charge in [0.25, 0.3) is 0 Å². The van der Waals surface area contributed by atoms with Crippen LogP contribution in [0.3, 0.4) is 0 Å². The van der Waals surface area contributed by atoms with Gasteiger partial charge in [0, 0.05) is 6.42 Å². The lowest BCUT2D eigenvalue weighted by Gasteiger charge is -2.01. The van der Waals surface area contributed by atoms with E-state index in [1.165, 1.54) is 64.2 Å². The Morgan fingerprint density at radius 2 is 1.29 bits per heavy atom. The Labute approximate surface area is 130 Å². The monoisotopic (exact) mass is 298 g/mol. The zero-order valence-corrected chi connectivity index (χ0v) is 13.8. The molecule has 0 bridgehead atoms. The molecule has 0 aromatic heterocycles. The molecule has 1 N–H and O–H groups in total. The molecule has 1 saturated heterocycles. The first-order valence-electron chi connectivity index (χ1n) is 9.11. The van der Waals surface area contributed by atoms with Gasteiger partial charge in [0.05, 0.1) is 12.2 Å². The standard InChI is InChI=1S/C18H34O3/c1-2-3-4-5-6-7-8-9-10-13-16-17(21-16)14-11-12-15-18(19)20/h16-17H,2-15H2,1H3,(H,19,20)/t16-,17+/m1/s1. The Kier molecular flexibility index (Phi) is 10.6. The quantitative estimate of drug-likeness (QED) is 0.329. The molecule has 0 aromatic carbocycles. The minimum Gasteiger partial charge on any atom is -0.481 e. The Morgan fingerprint density at radius 3 is 1.81 bits per heavy atom. The Hall–Kier alpha value is -0.570. The molecule has 2 atom stereocenters. The largest absolute Gasteiger partial charge is 0.481 e. The van der Waals surface area contributed by atoms with Gasteiger partial charge in [-0.25, -0.2) is 0 Å². The van der Waals surface area contributed by atoms with Gasteiger partial charge in [0.1, 0.15) is 0 Å². The molecule has 0 radical (unpaired) electrons. The van der Waals surface area contributed by atoms with E-state index in [2.05, 4.69) is 6.92 Å². The molecule has 0 saturated carbocycles. The molecule has 1 aliphatic rings. The predicted molar refractivity (Wildman–Crippen MR) is 86.6 cm³/mol. The first kappa shape index (κ1) is 18.5. The van der Waals surface area contributed by atoms with Crippen LogP contribution < -0.4 is 0 Å². The SMILES string of the molecule is CCCCCCCCCCC[C@H]1O[C@H]1CCCCC(=O)O. The van der Waals surface area contributed by atoms with Crippen molar-refractivity contribution in [3.05, 3.63) is 0 Å². The smallest absolute Gasteiger partial charge is 0.303 e. The third-order valence-corrected chi connectivity index (χ3v) is 4.41. The summed E-state index contributed by atoms with van der Waals surface area (Å²) < 4.78 is 5.65. The number of carbonyl (C=O) groups is 1. The summed E-state index contributed by atoms with van der Waals surface area (Å²) in [6.07, 6.45) is 17.6. The number of hydrogen-bond donors (Lipinski definition) is 1. The molecule has 0 aliphatic carbocycles. The van der Waals surface area contributed by atoms with E-state index in [9.17, 15) is 4.79 Å². The maximum absolute atomic E-state index is 10.4. The molecular formula is C18H34O3. The van der Waals surface area contributed by atoms with E-state index >= 15 is 0 Å². The van der Waals surface area contributed by atoms with E-state index < -0.39 is 5.97 Å². The van der Waals surface area contributed by atoms with E-state index in [0.717, 1.165) is 19.3 Å². The van der Waals surface area contributed by atoms with Gasteiger partial charge in [0.15, 0.2) is 0 Å². The van der Waals surface area contributed by atoms with Gasteiger partial charge in [-0.1, -0.05) is 71.1 Å². The highest BCUT2D eigenvalue weighted by atomic mass is 16.6. The number of hydrogen-bond acceptors (Lipinski definition) is 2. The molecule has 0 unspecified atom stereocenters. The van der Waals surface area contributed by atoms with Gasteiger partial charge in [-0.05, 0) is 19.3 Å². The second-order valence-electron chi connectivity index (χ2n) is 6.47. The van der Waals surface area contributed by atoms with Crippen LogP contribution in [0.4, 0.5) is 0 Å². The third kappa shape index (κ3) is 10.8. The first-order valence-corrected chi connectivity index (χ1v) is 9.11. The van der Waals surface area contributed by atoms with Crippen LogP contribution in [0.15, 0.2) is 0 Å². The zero-order chi connectivity index (χ0) is 15.3. The van der Waals surface area contributed by atoms with Gasteiger partial charge in [-0.3, -0.25) is 4.79 Å². The Morgan fingerprint density at radius 1 is 0.810 bits per heavy atom. The van der Waals surface area contributed by atoms with Crippen LogP contribution in [-0.2, 0) is 9.53 Å². The van der Waals surface area contributed by atoms with Crippen LogP contribution in [0.5, 0.6) is 0 Å². The number of carboxylic acids is 1. The number of unbranched alkanes of at least 4 members (excludes halogenated alkanes) is 9. The van der Waals surface area contributed by atoms with Crippen LogP contribution in [0, 0.1) is 0 Å². The van der Waals surface area contributed by atoms with Gasteiger partial charge < -0.3 is 9.84 Å². The van der Waals surface area contributed by atoms with E-state index in [1.807, 2.05) is 0 Å². The average molecular weight is 298 g/mol. The van der Waals surface area contributed by atoms with Gasteiger partial charge in [0.2, 0.25) is 0 Å². The summed E-state index contributed by atoms with van der Waals surface area (Å²) in [6.45, 7) is 2.26. The lowest BCUT2D eigenvalue weighted by atomic mass is 10.0. The van der Waals surface area contributed by atoms with Crippen molar-refractivity contribution in [2.75, 3.05) is 0 Å². The summed E-state index contributed by atoms with van der Waals surface area (Å²) in [5.74, 6) is -0.682. The van der Waals surface area contributed by atoms with Crippen molar-refractivity contribution in [2.24, 2.45) is 0 Å². The summed E-state index contributed by atoms with van der Waals surface area (Å²) in [5.41, 5.74) is 0. The molecule has 0 spiro atoms. The zero-order valence-electron chi connectivity index (χ0n) is 13.8. The number of ether oxygens (including phenoxy) is 1. The number of epoxide rings is 1. The van der Waals surface area contributed by atoms with Crippen LogP contribution in [0.2, 0.25) is 0 Å². The van der Waals surface area contributed by atoms with Crippen LogP contribution in [0.1, 0.15) is 96.8 Å². The third-order valence-electron chi connectivity index (χ3n) is 4.41. The van der Waals surface area contributed by atoms with Gasteiger partial charge in [-0.2, -0.15) is 0 Å². The van der Waals surface area contributed by atoms with Crippen molar-refractivity contribution in [1.82, 2.24) is 0 Å². The summed E-state index contributed by atoms with van der Waals surface area (Å²) >= 11 is 0. The van der Waals surface area contributed by atoms with Crippen molar-refractivity contribution < 1.29 is 14.6 Å². The number of rotatable bonds is 15. The molecule has 0 amide bonds. The topological polar surface area (TPSA) is 49.8 Å². The maximum Gasteiger partial charge on any atom is 0.303 e. The molecule has 1 aliphatic heterocycles. The van der Waals surface area contributed by atoms with E-state index in [-0.39, 0.29) is 0 Å². The maximum atomic E-state index is 10.4. The summed E-state index contributed by atoms with van der Waals surface area (Å²) in [7, 11) is 0. The van der Waals surface area contributed by atoms with Gasteiger partial charge in [-0.15, -0.1) is 0 Å². The minimum absolute atomic E-state index is 0.301. The van der Waals surface area contributed by atoms with Crippen molar-refractivity contribution in [1.29, 1.82) is 0 Å². The molecule has 3 heteroatoms. The molecule has 21 heavy (non-hydrogen) atoms. The van der Waals surface area contributed by atoms with Crippen LogP contribution >= 0.6 is 0 Å². The van der Waals surface area contributed by atoms with E-state index in [1.54, 1.807) is 0 Å². The number of aliphatic carboxylic acids is 1. The summed E-state index contributed by atoms with van der Waals surface area (Å²) in [4.78, 5) is 10.4. The molecule has 1 fully saturated rings. The summed E-state index contributed by atoms with van der Waals surface area (Å²) in [5, 5.41) is 8.56. The molecule has 1 rings (SSSR count). The minimum atomic E-state index is -0.682. The highest BCUT2D eigenvalue weighted by Gasteiger charge is 2.36. The molecule has 124 valence electrons. The van der Waals surface area contributed by atoms with Crippen molar-refractivity contribution in [3.8, 4) is 0 Å². The fourth-order valence-electron chi connectivity index (χ4n) is 2.96. The molecular weight excluding hydrogens is 264 g/mol. The van der Waals surface area contributed by atoms with E-state index in [4.69, 9.17) is 9.84 Å².